The van der Waals surface area contributed by atoms with Crippen LogP contribution < -0.4 is 4.90 Å². The lowest BCUT2D eigenvalue weighted by atomic mass is 10.0. The van der Waals surface area contributed by atoms with Crippen molar-refractivity contribution in [3.8, 4) is 0 Å². The van der Waals surface area contributed by atoms with E-state index in [1.165, 1.54) is 0 Å². The Balaban J connectivity index is 2.62. The van der Waals surface area contributed by atoms with Crippen molar-refractivity contribution < 1.29 is 4.79 Å². The van der Waals surface area contributed by atoms with Gasteiger partial charge in [-0.3, -0.25) is 4.79 Å². The first-order valence-electron chi connectivity index (χ1n) is 4.82. The Labute approximate surface area is 83.8 Å². The highest BCUT2D eigenvalue weighted by Crippen LogP contribution is 2.26. The molecule has 2 heterocycles. The fraction of sp³-hybridized carbons (Fsp3) is 0.455. The Hall–Kier alpha value is -1.38. The zero-order chi connectivity index (χ0) is 10.3. The summed E-state index contributed by atoms with van der Waals surface area (Å²) in [6.07, 6.45) is 0.582. The van der Waals surface area contributed by atoms with E-state index in [-0.39, 0.29) is 5.78 Å². The van der Waals surface area contributed by atoms with Gasteiger partial charge in [0.05, 0.1) is 5.69 Å². The predicted octanol–water partition coefficient (Wildman–Crippen LogP) is 1.72. The van der Waals surface area contributed by atoms with Crippen LogP contribution in [0.4, 0.5) is 5.69 Å². The van der Waals surface area contributed by atoms with Crippen LogP contribution in [0.2, 0.25) is 0 Å². The van der Waals surface area contributed by atoms with Crippen molar-refractivity contribution in [3.05, 3.63) is 23.0 Å². The fourth-order valence-corrected chi connectivity index (χ4v) is 1.70. The lowest BCUT2D eigenvalue weighted by Crippen LogP contribution is -2.29. The Morgan fingerprint density at radius 3 is 2.86 bits per heavy atom. The highest BCUT2D eigenvalue weighted by atomic mass is 16.1. The second-order valence-corrected chi connectivity index (χ2v) is 3.85. The summed E-state index contributed by atoms with van der Waals surface area (Å²) >= 11 is 0. The van der Waals surface area contributed by atoms with Gasteiger partial charge in [-0.25, -0.2) is 4.98 Å². The molecule has 2 rings (SSSR count). The molecule has 0 aliphatic carbocycles. The number of nitrogens with zero attached hydrogens (tertiary/aromatic N) is 2. The molecule has 0 N–H and O–H groups in total. The van der Waals surface area contributed by atoms with Crippen LogP contribution in [0.25, 0.3) is 0 Å². The number of carbonyl (C=O) groups excluding carboxylic acids is 1. The summed E-state index contributed by atoms with van der Waals surface area (Å²) in [5, 5.41) is 0. The van der Waals surface area contributed by atoms with Crippen molar-refractivity contribution in [1.82, 2.24) is 4.98 Å². The molecule has 3 heteroatoms. The summed E-state index contributed by atoms with van der Waals surface area (Å²) in [7, 11) is 2.00. The van der Waals surface area contributed by atoms with E-state index in [4.69, 9.17) is 0 Å². The standard InChI is InChI=1S/C11H14N2O/c1-7-6-9-11(12-8(7)2)10(14)4-5-13(9)3/h6H,4-5H2,1-3H3. The molecule has 0 aromatic carbocycles. The lowest BCUT2D eigenvalue weighted by molar-refractivity contribution is 0.0975. The Bertz CT molecular complexity index is 399. The van der Waals surface area contributed by atoms with Crippen molar-refractivity contribution in [2.75, 3.05) is 18.5 Å². The predicted molar refractivity (Wildman–Crippen MR) is 55.9 cm³/mol. The van der Waals surface area contributed by atoms with Crippen molar-refractivity contribution in [2.45, 2.75) is 20.3 Å². The van der Waals surface area contributed by atoms with Gasteiger partial charge in [0.25, 0.3) is 0 Å². The molecule has 0 radical (unpaired) electrons. The SMILES string of the molecule is Cc1cc2c(nc1C)C(=O)CCN2C. The van der Waals surface area contributed by atoms with E-state index in [0.717, 1.165) is 23.5 Å². The molecular weight excluding hydrogens is 176 g/mol. The van der Waals surface area contributed by atoms with Crippen LogP contribution in [0.15, 0.2) is 6.07 Å². The Kier molecular flexibility index (Phi) is 2.02. The summed E-state index contributed by atoms with van der Waals surface area (Å²) in [5.74, 6) is 0.168. The molecule has 0 saturated carbocycles. The first kappa shape index (κ1) is 9.19. The molecule has 1 aromatic rings. The van der Waals surface area contributed by atoms with Gasteiger partial charge in [0.15, 0.2) is 5.78 Å². The number of ketones is 1. The van der Waals surface area contributed by atoms with Crippen molar-refractivity contribution in [1.29, 1.82) is 0 Å². The van der Waals surface area contributed by atoms with Gasteiger partial charge in [-0.2, -0.15) is 0 Å². The highest BCUT2D eigenvalue weighted by Gasteiger charge is 2.22. The monoisotopic (exact) mass is 190 g/mol. The van der Waals surface area contributed by atoms with E-state index >= 15 is 0 Å². The normalized spacial score (nSPS) is 15.6. The van der Waals surface area contributed by atoms with Crippen molar-refractivity contribution in [3.63, 3.8) is 0 Å². The number of rotatable bonds is 0. The van der Waals surface area contributed by atoms with E-state index in [0.29, 0.717) is 12.1 Å². The first-order chi connectivity index (χ1) is 6.59. The molecule has 0 bridgehead atoms. The van der Waals surface area contributed by atoms with Gasteiger partial charge in [0, 0.05) is 25.7 Å². The van der Waals surface area contributed by atoms with E-state index in [9.17, 15) is 4.79 Å². The third kappa shape index (κ3) is 1.29. The number of hydrogen-bond donors (Lipinski definition) is 0. The molecule has 3 nitrogen and oxygen atoms in total. The lowest BCUT2D eigenvalue weighted by Gasteiger charge is -2.26. The van der Waals surface area contributed by atoms with Crippen LogP contribution in [0.5, 0.6) is 0 Å². The van der Waals surface area contributed by atoms with E-state index in [1.807, 2.05) is 20.9 Å². The van der Waals surface area contributed by atoms with E-state index in [2.05, 4.69) is 16.0 Å². The smallest absolute Gasteiger partial charge is 0.185 e. The number of Topliss-reactive ketones (excluding diaryl/α,β-unsaturated/α-hetero) is 1. The average Bonchev–Trinajstić information content (AvgIpc) is 2.15. The van der Waals surface area contributed by atoms with Crippen LogP contribution in [0, 0.1) is 13.8 Å². The first-order valence-corrected chi connectivity index (χ1v) is 4.82. The number of aromatic nitrogens is 1. The number of fused-ring (bicyclic) bond motifs is 1. The molecule has 0 amide bonds. The molecular formula is C11H14N2O. The topological polar surface area (TPSA) is 33.2 Å². The molecule has 0 atom stereocenters. The van der Waals surface area contributed by atoms with Gasteiger partial charge in [0.2, 0.25) is 0 Å². The Morgan fingerprint density at radius 2 is 2.14 bits per heavy atom. The van der Waals surface area contributed by atoms with Crippen molar-refractivity contribution in [2.24, 2.45) is 0 Å². The largest absolute Gasteiger partial charge is 0.372 e. The minimum Gasteiger partial charge on any atom is -0.372 e. The number of anilines is 1. The number of pyridine rings is 1. The molecule has 1 aromatic heterocycles. The summed E-state index contributed by atoms with van der Waals surface area (Å²) in [6, 6.07) is 2.05. The maximum absolute atomic E-state index is 11.6. The zero-order valence-electron chi connectivity index (χ0n) is 8.79. The summed E-state index contributed by atoms with van der Waals surface area (Å²) < 4.78 is 0. The maximum Gasteiger partial charge on any atom is 0.185 e. The minimum absolute atomic E-state index is 0.168. The molecule has 0 saturated heterocycles. The zero-order valence-corrected chi connectivity index (χ0v) is 8.79. The van der Waals surface area contributed by atoms with Gasteiger partial charge in [-0.15, -0.1) is 0 Å². The molecule has 1 aliphatic rings. The van der Waals surface area contributed by atoms with Crippen LogP contribution >= 0.6 is 0 Å². The average molecular weight is 190 g/mol. The van der Waals surface area contributed by atoms with Crippen LogP contribution in [0.1, 0.15) is 28.2 Å². The van der Waals surface area contributed by atoms with Gasteiger partial charge >= 0.3 is 0 Å². The quantitative estimate of drug-likeness (QED) is 0.624. The minimum atomic E-state index is 0.168. The number of hydrogen-bond acceptors (Lipinski definition) is 3. The fourth-order valence-electron chi connectivity index (χ4n) is 1.70. The molecule has 74 valence electrons. The molecule has 0 spiro atoms. The number of carbonyl (C=O) groups is 1. The molecule has 0 fully saturated rings. The summed E-state index contributed by atoms with van der Waals surface area (Å²) in [4.78, 5) is 18.1. The summed E-state index contributed by atoms with van der Waals surface area (Å²) in [5.41, 5.74) is 3.71. The van der Waals surface area contributed by atoms with Gasteiger partial charge in [-0.1, -0.05) is 0 Å². The Morgan fingerprint density at radius 1 is 1.43 bits per heavy atom. The van der Waals surface area contributed by atoms with Gasteiger partial charge in [0.1, 0.15) is 5.69 Å². The molecule has 0 unspecified atom stereocenters. The van der Waals surface area contributed by atoms with E-state index < -0.39 is 0 Å². The van der Waals surface area contributed by atoms with Crippen molar-refractivity contribution >= 4 is 11.5 Å². The second-order valence-electron chi connectivity index (χ2n) is 3.85. The highest BCUT2D eigenvalue weighted by molar-refractivity contribution is 6.01. The number of aryl methyl sites for hydroxylation is 2. The maximum atomic E-state index is 11.6. The third-order valence-corrected chi connectivity index (χ3v) is 2.80. The third-order valence-electron chi connectivity index (χ3n) is 2.80. The van der Waals surface area contributed by atoms with E-state index in [1.54, 1.807) is 0 Å². The van der Waals surface area contributed by atoms with Crippen LogP contribution in [0.3, 0.4) is 0 Å². The summed E-state index contributed by atoms with van der Waals surface area (Å²) in [6.45, 7) is 4.77. The second kappa shape index (κ2) is 3.08. The van der Waals surface area contributed by atoms with Gasteiger partial charge < -0.3 is 4.90 Å². The van der Waals surface area contributed by atoms with Gasteiger partial charge in [-0.05, 0) is 25.5 Å². The van der Waals surface area contributed by atoms with Crippen LogP contribution in [-0.4, -0.2) is 24.4 Å². The molecule has 1 aliphatic heterocycles. The molecule has 14 heavy (non-hydrogen) atoms. The van der Waals surface area contributed by atoms with Crippen LogP contribution in [-0.2, 0) is 0 Å².